The van der Waals surface area contributed by atoms with Crippen molar-refractivity contribution in [3.63, 3.8) is 0 Å². The van der Waals surface area contributed by atoms with E-state index < -0.39 is 5.91 Å². The number of aromatic nitrogens is 5. The normalized spacial score (nSPS) is 13.7. The molecule has 0 N–H and O–H groups in total. The summed E-state index contributed by atoms with van der Waals surface area (Å²) in [4.78, 5) is 33.2. The van der Waals surface area contributed by atoms with Crippen LogP contribution in [0.1, 0.15) is 33.8 Å². The lowest BCUT2D eigenvalue weighted by Crippen LogP contribution is -2.31. The first-order chi connectivity index (χ1) is 19.1. The molecule has 9 nitrogen and oxygen atoms in total. The van der Waals surface area contributed by atoms with Gasteiger partial charge in [0.25, 0.3) is 5.91 Å². The summed E-state index contributed by atoms with van der Waals surface area (Å²) >= 11 is 7.16. The number of halogens is 1. The molecule has 0 radical (unpaired) electrons. The molecule has 3 heterocycles. The van der Waals surface area contributed by atoms with Crippen LogP contribution in [0.25, 0.3) is 22.6 Å². The zero-order chi connectivity index (χ0) is 26.8. The summed E-state index contributed by atoms with van der Waals surface area (Å²) in [6.45, 7) is 1.29. The van der Waals surface area contributed by atoms with E-state index in [0.29, 0.717) is 29.5 Å². The van der Waals surface area contributed by atoms with Crippen LogP contribution in [0.15, 0.2) is 89.9 Å². The van der Waals surface area contributed by atoms with E-state index in [0.717, 1.165) is 35.6 Å². The van der Waals surface area contributed by atoms with Gasteiger partial charge >= 0.3 is 5.91 Å². The largest absolute Gasteiger partial charge is 0.337 e. The quantitative estimate of drug-likeness (QED) is 0.310. The van der Waals surface area contributed by atoms with Gasteiger partial charge in [0, 0.05) is 23.7 Å². The van der Waals surface area contributed by atoms with Gasteiger partial charge in [-0.15, -0.1) is 10.2 Å². The number of rotatable bonds is 5. The van der Waals surface area contributed by atoms with E-state index >= 15 is 0 Å². The first kappa shape index (κ1) is 24.9. The Morgan fingerprint density at radius 1 is 0.821 bits per heavy atom. The second-order valence-electron chi connectivity index (χ2n) is 8.91. The smallest absolute Gasteiger partial charge is 0.301 e. The van der Waals surface area contributed by atoms with Crippen LogP contribution >= 0.6 is 23.1 Å². The molecule has 2 aromatic heterocycles. The minimum Gasteiger partial charge on any atom is -0.337 e. The molecule has 2 amide bonds. The van der Waals surface area contributed by atoms with Crippen LogP contribution in [0.3, 0.4) is 0 Å². The van der Waals surface area contributed by atoms with Gasteiger partial charge in [-0.2, -0.15) is 9.06 Å². The molecule has 0 atom stereocenters. The van der Waals surface area contributed by atoms with Crippen molar-refractivity contribution in [2.24, 2.45) is 4.99 Å². The van der Waals surface area contributed by atoms with Crippen molar-refractivity contribution in [1.82, 2.24) is 29.1 Å². The molecular formula is C28H22ClN7O2S. The molecule has 1 aliphatic heterocycles. The average Bonchev–Trinajstić information content (AvgIpc) is 3.74. The van der Waals surface area contributed by atoms with Gasteiger partial charge in [0.2, 0.25) is 0 Å². The van der Waals surface area contributed by atoms with Gasteiger partial charge in [-0.25, -0.2) is 4.68 Å². The van der Waals surface area contributed by atoms with Gasteiger partial charge in [-0.3, -0.25) is 9.59 Å². The topological polar surface area (TPSA) is 98.3 Å². The maximum Gasteiger partial charge on any atom is 0.301 e. The number of nitrogens with zero attached hydrogens (tertiary/aromatic N) is 7. The van der Waals surface area contributed by atoms with Crippen LogP contribution in [0, 0.1) is 0 Å². The van der Waals surface area contributed by atoms with Crippen molar-refractivity contribution < 1.29 is 9.59 Å². The van der Waals surface area contributed by atoms with E-state index in [-0.39, 0.29) is 22.0 Å². The Morgan fingerprint density at radius 3 is 2.18 bits per heavy atom. The van der Waals surface area contributed by atoms with Crippen molar-refractivity contribution in [2.45, 2.75) is 12.8 Å². The minimum absolute atomic E-state index is 0.0797. The van der Waals surface area contributed by atoms with Crippen molar-refractivity contribution in [2.75, 3.05) is 13.1 Å². The Morgan fingerprint density at radius 2 is 1.49 bits per heavy atom. The van der Waals surface area contributed by atoms with Crippen LogP contribution in [-0.2, 0) is 0 Å². The Labute approximate surface area is 232 Å². The van der Waals surface area contributed by atoms with Gasteiger partial charge in [-0.1, -0.05) is 65.3 Å². The maximum atomic E-state index is 13.7. The molecule has 0 bridgehead atoms. The van der Waals surface area contributed by atoms with Crippen molar-refractivity contribution >= 4 is 34.9 Å². The molecule has 1 aliphatic rings. The highest BCUT2D eigenvalue weighted by Gasteiger charge is 2.27. The predicted molar refractivity (Wildman–Crippen MR) is 148 cm³/mol. The van der Waals surface area contributed by atoms with Gasteiger partial charge in [-0.05, 0) is 60.8 Å². The Bertz CT molecular complexity index is 1700. The number of hydrogen-bond donors (Lipinski definition) is 0. The molecule has 194 valence electrons. The summed E-state index contributed by atoms with van der Waals surface area (Å²) in [5, 5.41) is 13.6. The third kappa shape index (κ3) is 5.04. The van der Waals surface area contributed by atoms with Gasteiger partial charge in [0.1, 0.15) is 5.69 Å². The summed E-state index contributed by atoms with van der Waals surface area (Å²) in [5.41, 5.74) is 2.94. The molecule has 0 spiro atoms. The second-order valence-corrected chi connectivity index (χ2v) is 10.3. The van der Waals surface area contributed by atoms with Crippen LogP contribution in [0.4, 0.5) is 0 Å². The highest BCUT2D eigenvalue weighted by atomic mass is 35.5. The molecule has 0 saturated carbocycles. The fraction of sp³-hybridized carbons (Fsp3) is 0.143. The number of likely N-dealkylation sites (tertiary alicyclic amines) is 1. The predicted octanol–water partition coefficient (Wildman–Crippen LogP) is 4.81. The number of hydrogen-bond acceptors (Lipinski definition) is 6. The highest BCUT2D eigenvalue weighted by molar-refractivity contribution is 7.04. The SMILES string of the molecule is O=C(N=c1sn(-c2ccc(Cl)cc2)nc1C(=O)N1CCCC1)c1nnn(-c2ccccc2)c1-c1ccccc1. The number of carbonyl (C=O) groups excluding carboxylic acids is 2. The summed E-state index contributed by atoms with van der Waals surface area (Å²) < 4.78 is 3.40. The maximum absolute atomic E-state index is 13.7. The van der Waals surface area contributed by atoms with Crippen molar-refractivity contribution in [3.05, 3.63) is 106 Å². The van der Waals surface area contributed by atoms with Gasteiger partial charge in [0.15, 0.2) is 16.1 Å². The molecule has 39 heavy (non-hydrogen) atoms. The van der Waals surface area contributed by atoms with Crippen LogP contribution < -0.4 is 4.67 Å². The molecular weight excluding hydrogens is 534 g/mol. The summed E-state index contributed by atoms with van der Waals surface area (Å²) in [6, 6.07) is 26.0. The fourth-order valence-electron chi connectivity index (χ4n) is 4.41. The molecule has 6 rings (SSSR count). The highest BCUT2D eigenvalue weighted by Crippen LogP contribution is 2.26. The Hall–Kier alpha value is -4.41. The first-order valence-corrected chi connectivity index (χ1v) is 13.5. The third-order valence-corrected chi connectivity index (χ3v) is 7.51. The molecule has 0 unspecified atom stereocenters. The van der Waals surface area contributed by atoms with Crippen LogP contribution in [0.5, 0.6) is 0 Å². The molecule has 0 aliphatic carbocycles. The fourth-order valence-corrected chi connectivity index (χ4v) is 5.39. The lowest BCUT2D eigenvalue weighted by Gasteiger charge is -2.12. The summed E-state index contributed by atoms with van der Waals surface area (Å²) in [7, 11) is 0. The molecule has 5 aromatic rings. The average molecular weight is 556 g/mol. The lowest BCUT2D eigenvalue weighted by atomic mass is 10.1. The van der Waals surface area contributed by atoms with E-state index in [1.807, 2.05) is 60.7 Å². The van der Waals surface area contributed by atoms with Crippen molar-refractivity contribution in [1.29, 1.82) is 0 Å². The van der Waals surface area contributed by atoms with E-state index in [2.05, 4.69) is 20.4 Å². The van der Waals surface area contributed by atoms with Crippen LogP contribution in [0.2, 0.25) is 5.02 Å². The Kier molecular flexibility index (Phi) is 6.87. The minimum atomic E-state index is -0.613. The van der Waals surface area contributed by atoms with Gasteiger partial charge in [0.05, 0.1) is 11.4 Å². The Balaban J connectivity index is 1.48. The second kappa shape index (κ2) is 10.8. The molecule has 1 fully saturated rings. The number of benzene rings is 3. The molecule has 1 saturated heterocycles. The van der Waals surface area contributed by atoms with Gasteiger partial charge < -0.3 is 4.90 Å². The number of amides is 2. The standard InChI is InChI=1S/C28H22ClN7O2S/c29-20-13-15-22(16-14-20)36-32-24(28(38)34-17-7-8-18-34)27(39-36)30-26(37)23-25(19-9-3-1-4-10-19)35(33-31-23)21-11-5-2-6-12-21/h1-6,9-16H,7-8,17-18H2. The van der Waals surface area contributed by atoms with E-state index in [1.54, 1.807) is 37.9 Å². The van der Waals surface area contributed by atoms with Crippen molar-refractivity contribution in [3.8, 4) is 22.6 Å². The van der Waals surface area contributed by atoms with Crippen LogP contribution in [-0.4, -0.2) is 54.0 Å². The first-order valence-electron chi connectivity index (χ1n) is 12.4. The van der Waals surface area contributed by atoms with E-state index in [4.69, 9.17) is 11.6 Å². The zero-order valence-electron chi connectivity index (χ0n) is 20.6. The zero-order valence-corrected chi connectivity index (χ0v) is 22.2. The molecule has 11 heteroatoms. The number of carbonyl (C=O) groups is 2. The lowest BCUT2D eigenvalue weighted by molar-refractivity contribution is 0.0785. The summed E-state index contributed by atoms with van der Waals surface area (Å²) in [6.07, 6.45) is 1.86. The third-order valence-electron chi connectivity index (χ3n) is 6.33. The van der Waals surface area contributed by atoms with E-state index in [1.165, 1.54) is 0 Å². The summed E-state index contributed by atoms with van der Waals surface area (Å²) in [5.74, 6) is -0.863. The monoisotopic (exact) mass is 555 g/mol. The molecule has 3 aromatic carbocycles. The number of para-hydroxylation sites is 1. The van der Waals surface area contributed by atoms with E-state index in [9.17, 15) is 9.59 Å².